The van der Waals surface area contributed by atoms with Gasteiger partial charge in [0.2, 0.25) is 0 Å². The third kappa shape index (κ3) is 3.04. The monoisotopic (exact) mass is 264 g/mol. The molecule has 1 saturated heterocycles. The summed E-state index contributed by atoms with van der Waals surface area (Å²) in [4.78, 5) is 4.59. The molecule has 0 spiro atoms. The van der Waals surface area contributed by atoms with E-state index in [2.05, 4.69) is 23.6 Å². The summed E-state index contributed by atoms with van der Waals surface area (Å²) in [5, 5.41) is 7.57. The van der Waals surface area contributed by atoms with Gasteiger partial charge in [-0.3, -0.25) is 10.3 Å². The van der Waals surface area contributed by atoms with Gasteiger partial charge in [-0.05, 0) is 32.0 Å². The Morgan fingerprint density at radius 3 is 2.42 bits per heavy atom. The van der Waals surface area contributed by atoms with Gasteiger partial charge < -0.3 is 10.6 Å². The Kier molecular flexibility index (Phi) is 4.04. The first kappa shape index (κ1) is 13.8. The van der Waals surface area contributed by atoms with Crippen molar-refractivity contribution in [2.45, 2.75) is 19.9 Å². The van der Waals surface area contributed by atoms with Crippen molar-refractivity contribution in [3.63, 3.8) is 0 Å². The molecule has 2 rings (SSSR count). The zero-order chi connectivity index (χ0) is 14.0. The fraction of sp³-hybridized carbons (Fsp3) is 0.500. The van der Waals surface area contributed by atoms with Crippen LogP contribution in [0, 0.1) is 11.2 Å². The minimum atomic E-state index is -0.352. The van der Waals surface area contributed by atoms with Gasteiger partial charge in [0.1, 0.15) is 11.7 Å². The summed E-state index contributed by atoms with van der Waals surface area (Å²) < 4.78 is 13.3. The maximum absolute atomic E-state index is 13.3. The minimum absolute atomic E-state index is 0.0826. The highest BCUT2D eigenvalue weighted by Gasteiger charge is 2.21. The molecule has 0 bridgehead atoms. The molecule has 5 heteroatoms. The number of hydrogen-bond donors (Lipinski definition) is 2. The second kappa shape index (κ2) is 5.57. The van der Waals surface area contributed by atoms with Gasteiger partial charge in [0.15, 0.2) is 0 Å². The molecule has 1 aromatic carbocycles. The number of amidine groups is 1. The number of benzene rings is 1. The Labute approximate surface area is 113 Å². The van der Waals surface area contributed by atoms with Gasteiger partial charge in [0, 0.05) is 43.5 Å². The Morgan fingerprint density at radius 1 is 1.26 bits per heavy atom. The first-order valence-electron chi connectivity index (χ1n) is 6.62. The van der Waals surface area contributed by atoms with Crippen molar-refractivity contribution in [2.75, 3.05) is 31.1 Å². The third-order valence-corrected chi connectivity index (χ3v) is 3.63. The summed E-state index contributed by atoms with van der Waals surface area (Å²) in [7, 11) is 0. The third-order valence-electron chi connectivity index (χ3n) is 3.63. The molecule has 0 saturated carbocycles. The van der Waals surface area contributed by atoms with Crippen molar-refractivity contribution in [1.29, 1.82) is 5.41 Å². The normalized spacial score (nSPS) is 16.9. The second-order valence-corrected chi connectivity index (χ2v) is 5.19. The van der Waals surface area contributed by atoms with Gasteiger partial charge in [-0.1, -0.05) is 0 Å². The van der Waals surface area contributed by atoms with E-state index in [1.54, 1.807) is 6.07 Å². The van der Waals surface area contributed by atoms with Crippen LogP contribution in [-0.2, 0) is 0 Å². The van der Waals surface area contributed by atoms with E-state index < -0.39 is 0 Å². The number of nitrogen functional groups attached to an aromatic ring is 1. The molecule has 0 amide bonds. The molecule has 3 N–H and O–H groups in total. The van der Waals surface area contributed by atoms with Gasteiger partial charge in [0.05, 0.1) is 0 Å². The highest BCUT2D eigenvalue weighted by Crippen LogP contribution is 2.23. The van der Waals surface area contributed by atoms with Crippen molar-refractivity contribution < 1.29 is 4.39 Å². The van der Waals surface area contributed by atoms with Crippen LogP contribution < -0.4 is 10.6 Å². The predicted molar refractivity (Wildman–Crippen MR) is 76.3 cm³/mol. The van der Waals surface area contributed by atoms with Crippen molar-refractivity contribution >= 4 is 11.5 Å². The number of piperazine rings is 1. The van der Waals surface area contributed by atoms with Crippen LogP contribution in [0.4, 0.5) is 10.1 Å². The van der Waals surface area contributed by atoms with Crippen LogP contribution in [0.1, 0.15) is 19.4 Å². The van der Waals surface area contributed by atoms with Gasteiger partial charge in [0.25, 0.3) is 0 Å². The molecule has 0 aliphatic carbocycles. The highest BCUT2D eigenvalue weighted by molar-refractivity contribution is 6.00. The van der Waals surface area contributed by atoms with E-state index in [1.807, 2.05) is 0 Å². The van der Waals surface area contributed by atoms with E-state index in [0.717, 1.165) is 31.9 Å². The van der Waals surface area contributed by atoms with E-state index in [9.17, 15) is 4.39 Å². The lowest BCUT2D eigenvalue weighted by Gasteiger charge is -2.38. The molecule has 1 aromatic rings. The number of anilines is 1. The molecule has 0 radical (unpaired) electrons. The lowest BCUT2D eigenvalue weighted by atomic mass is 10.1. The molecule has 1 fully saturated rings. The molecule has 1 heterocycles. The molecule has 0 unspecified atom stereocenters. The topological polar surface area (TPSA) is 56.4 Å². The standard InChI is InChI=1S/C14H21FN4/c1-10(2)18-5-7-19(8-6-18)13-4-3-11(15)9-12(13)14(16)17/h3-4,9-10H,5-8H2,1-2H3,(H3,16,17). The van der Waals surface area contributed by atoms with Gasteiger partial charge in [-0.25, -0.2) is 4.39 Å². The first-order chi connectivity index (χ1) is 8.99. The fourth-order valence-electron chi connectivity index (χ4n) is 2.48. The number of nitrogens with one attached hydrogen (secondary N) is 1. The summed E-state index contributed by atoms with van der Waals surface area (Å²) in [5.41, 5.74) is 6.89. The van der Waals surface area contributed by atoms with Crippen LogP contribution in [-0.4, -0.2) is 43.0 Å². The van der Waals surface area contributed by atoms with E-state index >= 15 is 0 Å². The summed E-state index contributed by atoms with van der Waals surface area (Å²) in [6, 6.07) is 5.03. The molecular formula is C14H21FN4. The van der Waals surface area contributed by atoms with Gasteiger partial charge >= 0.3 is 0 Å². The van der Waals surface area contributed by atoms with Crippen molar-refractivity contribution in [1.82, 2.24) is 4.90 Å². The molecule has 1 aliphatic heterocycles. The van der Waals surface area contributed by atoms with Crippen LogP contribution in [0.5, 0.6) is 0 Å². The van der Waals surface area contributed by atoms with Crippen LogP contribution in [0.3, 0.4) is 0 Å². The van der Waals surface area contributed by atoms with Gasteiger partial charge in [-0.2, -0.15) is 0 Å². The average molecular weight is 264 g/mol. The lowest BCUT2D eigenvalue weighted by Crippen LogP contribution is -2.49. The fourth-order valence-corrected chi connectivity index (χ4v) is 2.48. The summed E-state index contributed by atoms with van der Waals surface area (Å²) in [6.45, 7) is 8.09. The van der Waals surface area contributed by atoms with Crippen LogP contribution in [0.15, 0.2) is 18.2 Å². The predicted octanol–water partition coefficient (Wildman–Crippen LogP) is 1.64. The Morgan fingerprint density at radius 2 is 1.89 bits per heavy atom. The van der Waals surface area contributed by atoms with E-state index in [-0.39, 0.29) is 11.7 Å². The van der Waals surface area contributed by atoms with Crippen LogP contribution in [0.2, 0.25) is 0 Å². The van der Waals surface area contributed by atoms with Crippen molar-refractivity contribution in [2.24, 2.45) is 5.73 Å². The molecular weight excluding hydrogens is 243 g/mol. The molecule has 4 nitrogen and oxygen atoms in total. The summed E-state index contributed by atoms with van der Waals surface area (Å²) >= 11 is 0. The van der Waals surface area contributed by atoms with Crippen molar-refractivity contribution in [3.8, 4) is 0 Å². The summed E-state index contributed by atoms with van der Waals surface area (Å²) in [6.07, 6.45) is 0. The Bertz CT molecular complexity index is 465. The largest absolute Gasteiger partial charge is 0.384 e. The number of rotatable bonds is 3. The maximum Gasteiger partial charge on any atom is 0.125 e. The molecule has 104 valence electrons. The first-order valence-corrected chi connectivity index (χ1v) is 6.62. The zero-order valence-electron chi connectivity index (χ0n) is 11.5. The zero-order valence-corrected chi connectivity index (χ0v) is 11.5. The molecule has 0 atom stereocenters. The number of halogens is 1. The Hall–Kier alpha value is -1.62. The van der Waals surface area contributed by atoms with E-state index in [4.69, 9.17) is 11.1 Å². The maximum atomic E-state index is 13.3. The van der Waals surface area contributed by atoms with E-state index in [1.165, 1.54) is 12.1 Å². The number of nitrogens with zero attached hydrogens (tertiary/aromatic N) is 2. The molecule has 1 aliphatic rings. The smallest absolute Gasteiger partial charge is 0.125 e. The average Bonchev–Trinajstić information content (AvgIpc) is 2.38. The molecule has 19 heavy (non-hydrogen) atoms. The summed E-state index contributed by atoms with van der Waals surface area (Å²) in [5.74, 6) is -0.435. The minimum Gasteiger partial charge on any atom is -0.384 e. The van der Waals surface area contributed by atoms with Crippen molar-refractivity contribution in [3.05, 3.63) is 29.6 Å². The second-order valence-electron chi connectivity index (χ2n) is 5.19. The quantitative estimate of drug-likeness (QED) is 0.644. The van der Waals surface area contributed by atoms with Crippen LogP contribution >= 0.6 is 0 Å². The Balaban J connectivity index is 2.17. The van der Waals surface area contributed by atoms with E-state index in [0.29, 0.717) is 11.6 Å². The van der Waals surface area contributed by atoms with Crippen LogP contribution in [0.25, 0.3) is 0 Å². The number of nitrogens with two attached hydrogens (primary N) is 1. The highest BCUT2D eigenvalue weighted by atomic mass is 19.1. The SMILES string of the molecule is CC(C)N1CCN(c2ccc(F)cc2C(=N)N)CC1. The lowest BCUT2D eigenvalue weighted by molar-refractivity contribution is 0.209. The molecule has 0 aromatic heterocycles. The van der Waals surface area contributed by atoms with Gasteiger partial charge in [-0.15, -0.1) is 0 Å². The number of hydrogen-bond acceptors (Lipinski definition) is 3.